The summed E-state index contributed by atoms with van der Waals surface area (Å²) in [5.41, 5.74) is 0.735. The molecule has 19 heavy (non-hydrogen) atoms. The SMILES string of the molecule is CC(C)NCC(O)c1ccc(O)c(NC(=O)CO)c1. The Morgan fingerprint density at radius 1 is 1.37 bits per heavy atom. The maximum absolute atomic E-state index is 11.1. The lowest BCUT2D eigenvalue weighted by molar-refractivity contribution is -0.118. The second kappa shape index (κ2) is 7.08. The van der Waals surface area contributed by atoms with E-state index in [1.807, 2.05) is 13.8 Å². The molecule has 0 spiro atoms. The maximum Gasteiger partial charge on any atom is 0.250 e. The van der Waals surface area contributed by atoms with Crippen LogP contribution in [0.1, 0.15) is 25.5 Å². The number of amides is 1. The average molecular weight is 268 g/mol. The quantitative estimate of drug-likeness (QED) is 0.479. The van der Waals surface area contributed by atoms with E-state index in [4.69, 9.17) is 5.11 Å². The molecular formula is C13H20N2O4. The van der Waals surface area contributed by atoms with E-state index in [1.54, 1.807) is 6.07 Å². The number of aromatic hydroxyl groups is 1. The molecule has 0 aliphatic heterocycles. The van der Waals surface area contributed by atoms with Gasteiger partial charge >= 0.3 is 0 Å². The van der Waals surface area contributed by atoms with Gasteiger partial charge in [-0.25, -0.2) is 0 Å². The number of carbonyl (C=O) groups excluding carboxylic acids is 1. The van der Waals surface area contributed by atoms with Gasteiger partial charge in [-0.05, 0) is 17.7 Å². The summed E-state index contributed by atoms with van der Waals surface area (Å²) >= 11 is 0. The molecule has 0 fully saturated rings. The predicted octanol–water partition coefficient (Wildman–Crippen LogP) is 0.354. The third kappa shape index (κ3) is 4.86. The number of aliphatic hydroxyl groups excluding tert-OH is 2. The fourth-order valence-corrected chi connectivity index (χ4v) is 1.52. The molecule has 0 radical (unpaired) electrons. The summed E-state index contributed by atoms with van der Waals surface area (Å²) in [4.78, 5) is 11.1. The highest BCUT2D eigenvalue weighted by atomic mass is 16.3. The zero-order valence-electron chi connectivity index (χ0n) is 11.1. The van der Waals surface area contributed by atoms with Gasteiger partial charge in [-0.3, -0.25) is 4.79 Å². The molecule has 0 bridgehead atoms. The van der Waals surface area contributed by atoms with Gasteiger partial charge in [0.25, 0.3) is 0 Å². The van der Waals surface area contributed by atoms with E-state index in [0.717, 1.165) is 0 Å². The highest BCUT2D eigenvalue weighted by molar-refractivity contribution is 5.93. The van der Waals surface area contributed by atoms with Crippen LogP contribution >= 0.6 is 0 Å². The molecule has 6 heteroatoms. The number of benzene rings is 1. The molecule has 1 aromatic rings. The topological polar surface area (TPSA) is 102 Å². The summed E-state index contributed by atoms with van der Waals surface area (Å²) in [5, 5.41) is 33.7. The predicted molar refractivity (Wildman–Crippen MR) is 71.9 cm³/mol. The number of aliphatic hydroxyl groups is 2. The number of nitrogens with one attached hydrogen (secondary N) is 2. The first-order chi connectivity index (χ1) is 8.93. The van der Waals surface area contributed by atoms with Crippen LogP contribution in [0.25, 0.3) is 0 Å². The Morgan fingerprint density at radius 2 is 2.05 bits per heavy atom. The molecule has 1 rings (SSSR count). The lowest BCUT2D eigenvalue weighted by Gasteiger charge is -2.16. The molecule has 0 aliphatic rings. The Bertz CT molecular complexity index is 435. The van der Waals surface area contributed by atoms with Crippen molar-refractivity contribution in [1.82, 2.24) is 5.32 Å². The second-order valence-corrected chi connectivity index (χ2v) is 4.56. The molecule has 5 N–H and O–H groups in total. The van der Waals surface area contributed by atoms with Crippen LogP contribution in [-0.4, -0.2) is 40.4 Å². The molecule has 1 atom stereocenters. The van der Waals surface area contributed by atoms with E-state index < -0.39 is 18.6 Å². The Morgan fingerprint density at radius 3 is 2.63 bits per heavy atom. The van der Waals surface area contributed by atoms with E-state index in [1.165, 1.54) is 12.1 Å². The smallest absolute Gasteiger partial charge is 0.250 e. The van der Waals surface area contributed by atoms with Gasteiger partial charge in [0.15, 0.2) is 0 Å². The molecule has 1 unspecified atom stereocenters. The number of carbonyl (C=O) groups is 1. The van der Waals surface area contributed by atoms with Gasteiger partial charge in [0.05, 0.1) is 11.8 Å². The van der Waals surface area contributed by atoms with Gasteiger partial charge in [0.2, 0.25) is 5.91 Å². The molecule has 106 valence electrons. The highest BCUT2D eigenvalue weighted by Crippen LogP contribution is 2.26. The molecule has 0 saturated heterocycles. The normalized spacial score (nSPS) is 12.5. The van der Waals surface area contributed by atoms with E-state index in [-0.39, 0.29) is 17.5 Å². The summed E-state index contributed by atoms with van der Waals surface area (Å²) in [7, 11) is 0. The summed E-state index contributed by atoms with van der Waals surface area (Å²) in [6.07, 6.45) is -0.743. The largest absolute Gasteiger partial charge is 0.506 e. The Labute approximate surface area is 112 Å². The van der Waals surface area contributed by atoms with Crippen molar-refractivity contribution in [3.8, 4) is 5.75 Å². The van der Waals surface area contributed by atoms with Crippen molar-refractivity contribution in [2.24, 2.45) is 0 Å². The number of hydrogen-bond donors (Lipinski definition) is 5. The summed E-state index contributed by atoms with van der Waals surface area (Å²) in [6.45, 7) is 3.64. The van der Waals surface area contributed by atoms with Crippen molar-refractivity contribution in [1.29, 1.82) is 0 Å². The van der Waals surface area contributed by atoms with E-state index in [0.29, 0.717) is 12.1 Å². The standard InChI is InChI=1S/C13H20N2O4/c1-8(2)14-6-12(18)9-3-4-11(17)10(5-9)15-13(19)7-16/h3-5,8,12,14,16-18H,6-7H2,1-2H3,(H,15,19). The van der Waals surface area contributed by atoms with Gasteiger partial charge in [-0.2, -0.15) is 0 Å². The number of anilines is 1. The Balaban J connectivity index is 2.80. The summed E-state index contributed by atoms with van der Waals surface area (Å²) < 4.78 is 0. The fourth-order valence-electron chi connectivity index (χ4n) is 1.52. The Kier molecular flexibility index (Phi) is 5.75. The van der Waals surface area contributed by atoms with Crippen LogP contribution in [0.2, 0.25) is 0 Å². The summed E-state index contributed by atoms with van der Waals surface area (Å²) in [6, 6.07) is 4.70. The van der Waals surface area contributed by atoms with Crippen LogP contribution in [0.4, 0.5) is 5.69 Å². The van der Waals surface area contributed by atoms with Gasteiger partial charge in [0.1, 0.15) is 12.4 Å². The van der Waals surface area contributed by atoms with Crippen LogP contribution in [0.3, 0.4) is 0 Å². The number of phenols is 1. The molecule has 1 amide bonds. The van der Waals surface area contributed by atoms with E-state index in [2.05, 4.69) is 10.6 Å². The van der Waals surface area contributed by atoms with Crippen molar-refractivity contribution in [2.75, 3.05) is 18.5 Å². The van der Waals surface area contributed by atoms with Crippen LogP contribution < -0.4 is 10.6 Å². The van der Waals surface area contributed by atoms with Crippen molar-refractivity contribution < 1.29 is 20.1 Å². The van der Waals surface area contributed by atoms with Gasteiger partial charge < -0.3 is 26.0 Å². The van der Waals surface area contributed by atoms with Crippen LogP contribution in [0.5, 0.6) is 5.75 Å². The average Bonchev–Trinajstić information content (AvgIpc) is 2.38. The number of phenolic OH excluding ortho intramolecular Hbond substituents is 1. The molecule has 0 heterocycles. The van der Waals surface area contributed by atoms with Crippen LogP contribution in [0, 0.1) is 0 Å². The molecule has 1 aromatic carbocycles. The third-order valence-electron chi connectivity index (χ3n) is 2.54. The number of hydrogen-bond acceptors (Lipinski definition) is 5. The lowest BCUT2D eigenvalue weighted by Crippen LogP contribution is -2.28. The van der Waals surface area contributed by atoms with Crippen molar-refractivity contribution in [3.63, 3.8) is 0 Å². The van der Waals surface area contributed by atoms with E-state index >= 15 is 0 Å². The first-order valence-electron chi connectivity index (χ1n) is 6.09. The monoisotopic (exact) mass is 268 g/mol. The third-order valence-corrected chi connectivity index (χ3v) is 2.54. The minimum atomic E-state index is -0.743. The van der Waals surface area contributed by atoms with Crippen molar-refractivity contribution in [3.05, 3.63) is 23.8 Å². The maximum atomic E-state index is 11.1. The highest BCUT2D eigenvalue weighted by Gasteiger charge is 2.12. The first kappa shape index (κ1) is 15.4. The second-order valence-electron chi connectivity index (χ2n) is 4.56. The van der Waals surface area contributed by atoms with Gasteiger partial charge in [-0.15, -0.1) is 0 Å². The lowest BCUT2D eigenvalue weighted by atomic mass is 10.1. The first-order valence-corrected chi connectivity index (χ1v) is 6.09. The fraction of sp³-hybridized carbons (Fsp3) is 0.462. The van der Waals surface area contributed by atoms with Crippen LogP contribution in [0.15, 0.2) is 18.2 Å². The molecular weight excluding hydrogens is 248 g/mol. The van der Waals surface area contributed by atoms with Crippen molar-refractivity contribution >= 4 is 11.6 Å². The molecule has 0 saturated carbocycles. The zero-order chi connectivity index (χ0) is 14.4. The van der Waals surface area contributed by atoms with Crippen molar-refractivity contribution in [2.45, 2.75) is 26.0 Å². The Hall–Kier alpha value is -1.63. The minimum Gasteiger partial charge on any atom is -0.506 e. The van der Waals surface area contributed by atoms with Gasteiger partial charge in [-0.1, -0.05) is 19.9 Å². The number of rotatable bonds is 6. The van der Waals surface area contributed by atoms with Gasteiger partial charge in [0, 0.05) is 12.6 Å². The summed E-state index contributed by atoms with van der Waals surface area (Å²) in [5.74, 6) is -0.739. The minimum absolute atomic E-state index is 0.116. The molecule has 0 aromatic heterocycles. The van der Waals surface area contributed by atoms with Crippen LogP contribution in [-0.2, 0) is 4.79 Å². The molecule has 6 nitrogen and oxygen atoms in total. The zero-order valence-corrected chi connectivity index (χ0v) is 11.1. The van der Waals surface area contributed by atoms with E-state index in [9.17, 15) is 15.0 Å². The molecule has 0 aliphatic carbocycles.